The molecule has 1 unspecified atom stereocenters. The van der Waals surface area contributed by atoms with Crippen molar-refractivity contribution in [2.24, 2.45) is 0 Å². The molecule has 0 aliphatic carbocycles. The van der Waals surface area contributed by atoms with E-state index < -0.39 is 30.1 Å². The summed E-state index contributed by atoms with van der Waals surface area (Å²) >= 11 is 0. The van der Waals surface area contributed by atoms with E-state index in [1.807, 2.05) is 79.3 Å². The van der Waals surface area contributed by atoms with Crippen molar-refractivity contribution in [3.8, 4) is 0 Å². The largest absolute Gasteiger partial charge is 0.490 e. The first-order valence-corrected chi connectivity index (χ1v) is 14.0. The molecule has 1 amide bonds. The van der Waals surface area contributed by atoms with E-state index in [-0.39, 0.29) is 18.9 Å². The van der Waals surface area contributed by atoms with Gasteiger partial charge in [0.1, 0.15) is 6.04 Å². The van der Waals surface area contributed by atoms with Crippen molar-refractivity contribution < 1.29 is 37.8 Å². The van der Waals surface area contributed by atoms with Crippen LogP contribution in [0.1, 0.15) is 39.6 Å². The lowest BCUT2D eigenvalue weighted by atomic mass is 9.88. The minimum Gasteiger partial charge on any atom is -0.480 e. The summed E-state index contributed by atoms with van der Waals surface area (Å²) in [6.45, 7) is 2.84. The van der Waals surface area contributed by atoms with Crippen molar-refractivity contribution in [3.05, 3.63) is 119 Å². The van der Waals surface area contributed by atoms with Crippen LogP contribution in [0.15, 0.2) is 85.2 Å². The van der Waals surface area contributed by atoms with E-state index >= 15 is 0 Å². The molecular formula is C33H33F3N4O5. The third-order valence-electron chi connectivity index (χ3n) is 7.54. The lowest BCUT2D eigenvalue weighted by Gasteiger charge is -2.35. The van der Waals surface area contributed by atoms with Gasteiger partial charge in [0.2, 0.25) is 5.91 Å². The Morgan fingerprint density at radius 2 is 1.51 bits per heavy atom. The number of carboxylic acid groups (broad SMARTS) is 2. The van der Waals surface area contributed by atoms with E-state index in [4.69, 9.17) is 9.90 Å². The number of halogens is 3. The molecule has 12 heteroatoms. The summed E-state index contributed by atoms with van der Waals surface area (Å²) in [4.78, 5) is 43.6. The van der Waals surface area contributed by atoms with Crippen LogP contribution in [-0.4, -0.2) is 68.8 Å². The molecule has 0 saturated carbocycles. The molecule has 4 aromatic rings. The quantitative estimate of drug-likeness (QED) is 0.294. The number of amides is 1. The molecule has 1 aromatic heterocycles. The first kappa shape index (κ1) is 32.8. The van der Waals surface area contributed by atoms with Gasteiger partial charge in [-0.3, -0.25) is 4.79 Å². The van der Waals surface area contributed by atoms with Crippen LogP contribution < -0.4 is 4.90 Å². The molecule has 0 bridgehead atoms. The minimum absolute atomic E-state index is 0.160. The average molecular weight is 623 g/mol. The smallest absolute Gasteiger partial charge is 0.480 e. The first-order valence-electron chi connectivity index (χ1n) is 14.0. The molecule has 0 saturated heterocycles. The van der Waals surface area contributed by atoms with Gasteiger partial charge in [0.15, 0.2) is 0 Å². The number of alkyl halides is 3. The van der Waals surface area contributed by atoms with Crippen LogP contribution in [0.3, 0.4) is 0 Å². The van der Waals surface area contributed by atoms with Gasteiger partial charge in [-0.1, -0.05) is 72.8 Å². The molecule has 236 valence electrons. The predicted molar refractivity (Wildman–Crippen MR) is 161 cm³/mol. The average Bonchev–Trinajstić information content (AvgIpc) is 3.38. The summed E-state index contributed by atoms with van der Waals surface area (Å²) in [5.41, 5.74) is 6.74. The molecule has 1 aliphatic rings. The molecule has 2 N–H and O–H groups in total. The summed E-state index contributed by atoms with van der Waals surface area (Å²) in [7, 11) is 4.04. The third kappa shape index (κ3) is 7.69. The van der Waals surface area contributed by atoms with Gasteiger partial charge in [0, 0.05) is 38.4 Å². The molecule has 5 rings (SSSR count). The van der Waals surface area contributed by atoms with Gasteiger partial charge in [-0.2, -0.15) is 13.2 Å². The summed E-state index contributed by atoms with van der Waals surface area (Å²) in [6, 6.07) is 24.4. The van der Waals surface area contributed by atoms with E-state index in [0.717, 1.165) is 33.8 Å². The number of nitrogens with zero attached hydrogens (tertiary/aromatic N) is 4. The summed E-state index contributed by atoms with van der Waals surface area (Å²) in [5.74, 6) is -4.60. The normalized spacial score (nSPS) is 14.3. The molecule has 3 aromatic carbocycles. The Morgan fingerprint density at radius 1 is 0.956 bits per heavy atom. The van der Waals surface area contributed by atoms with Gasteiger partial charge in [0.05, 0.1) is 24.5 Å². The van der Waals surface area contributed by atoms with E-state index in [2.05, 4.69) is 35.0 Å². The number of carboxylic acids is 2. The minimum atomic E-state index is -5.08. The number of carbonyl (C=O) groups excluding carboxylic acids is 1. The van der Waals surface area contributed by atoms with Gasteiger partial charge in [-0.05, 0) is 35.2 Å². The van der Waals surface area contributed by atoms with Gasteiger partial charge in [-0.25, -0.2) is 14.6 Å². The van der Waals surface area contributed by atoms with E-state index in [1.165, 1.54) is 10.5 Å². The van der Waals surface area contributed by atoms with Crippen LogP contribution in [-0.2, 0) is 33.9 Å². The Balaban J connectivity index is 0.000000591. The number of hydrogen-bond donors (Lipinski definition) is 2. The zero-order valence-electron chi connectivity index (χ0n) is 24.9. The zero-order chi connectivity index (χ0) is 32.9. The lowest BCUT2D eigenvalue weighted by Crippen LogP contribution is -2.50. The number of rotatable bonds is 7. The lowest BCUT2D eigenvalue weighted by molar-refractivity contribution is -0.192. The van der Waals surface area contributed by atoms with Crippen molar-refractivity contribution >= 4 is 23.5 Å². The predicted octanol–water partition coefficient (Wildman–Crippen LogP) is 5.11. The summed E-state index contributed by atoms with van der Waals surface area (Å²) in [5, 5.41) is 17.3. The highest BCUT2D eigenvalue weighted by atomic mass is 19.4. The highest BCUT2D eigenvalue weighted by Crippen LogP contribution is 2.32. The molecule has 1 atom stereocenters. The summed E-state index contributed by atoms with van der Waals surface area (Å²) < 4.78 is 33.8. The second-order valence-corrected chi connectivity index (χ2v) is 10.9. The maximum atomic E-state index is 14.1. The molecule has 9 nitrogen and oxygen atoms in total. The highest BCUT2D eigenvalue weighted by Gasteiger charge is 2.40. The number of imidazole rings is 1. The third-order valence-corrected chi connectivity index (χ3v) is 7.54. The molecule has 45 heavy (non-hydrogen) atoms. The van der Waals surface area contributed by atoms with Crippen molar-refractivity contribution in [1.29, 1.82) is 0 Å². The van der Waals surface area contributed by atoms with E-state index in [0.29, 0.717) is 6.54 Å². The van der Waals surface area contributed by atoms with Crippen LogP contribution >= 0.6 is 0 Å². The second kappa shape index (κ2) is 13.7. The molecule has 0 spiro atoms. The molecule has 0 fully saturated rings. The first-order chi connectivity index (χ1) is 21.3. The van der Waals surface area contributed by atoms with Gasteiger partial charge >= 0.3 is 18.1 Å². The van der Waals surface area contributed by atoms with Gasteiger partial charge < -0.3 is 24.6 Å². The number of fused-ring (bicyclic) bond motifs is 1. The van der Waals surface area contributed by atoms with Crippen LogP contribution in [0, 0.1) is 6.92 Å². The number of aromatic nitrogens is 2. The van der Waals surface area contributed by atoms with Crippen LogP contribution in [0.4, 0.5) is 18.9 Å². The highest BCUT2D eigenvalue weighted by molar-refractivity contribution is 5.91. The van der Waals surface area contributed by atoms with Crippen molar-refractivity contribution in [3.63, 3.8) is 0 Å². The topological polar surface area (TPSA) is 116 Å². The van der Waals surface area contributed by atoms with E-state index in [9.17, 15) is 27.9 Å². The molecule has 0 radical (unpaired) electrons. The Hall–Kier alpha value is -5.13. The Labute approximate surface area is 258 Å². The van der Waals surface area contributed by atoms with Crippen LogP contribution in [0.2, 0.25) is 0 Å². The van der Waals surface area contributed by atoms with Crippen LogP contribution in [0.25, 0.3) is 0 Å². The Kier molecular flexibility index (Phi) is 9.95. The van der Waals surface area contributed by atoms with Crippen LogP contribution in [0.5, 0.6) is 0 Å². The Bertz CT molecular complexity index is 1620. The second-order valence-electron chi connectivity index (χ2n) is 10.9. The molecule has 2 heterocycles. The van der Waals surface area contributed by atoms with Gasteiger partial charge in [-0.15, -0.1) is 0 Å². The van der Waals surface area contributed by atoms with Crippen molar-refractivity contribution in [2.45, 2.75) is 44.6 Å². The number of benzene rings is 3. The summed E-state index contributed by atoms with van der Waals surface area (Å²) in [6.07, 6.45) is -3.11. The van der Waals surface area contributed by atoms with Gasteiger partial charge in [0.25, 0.3) is 0 Å². The Morgan fingerprint density at radius 3 is 1.98 bits per heavy atom. The fraction of sp³-hybridized carbons (Fsp3) is 0.273. The standard InChI is InChI=1S/C31H32N4O3.C2HF3O2/c1-21-16-22(14-15-26(21)33(2)3)18-34-20-32-25-19-35(28(31(37)38)17-27(25)34)30(36)29(23-10-6-4-7-11-23)24-12-8-5-9-13-24;3-2(4,5)1(6)7/h4-16,20,28-29H,17-19H2,1-3H3,(H,37,38);(H,6,7). The van der Waals surface area contributed by atoms with E-state index in [1.54, 1.807) is 6.33 Å². The van der Waals surface area contributed by atoms with Crippen molar-refractivity contribution in [1.82, 2.24) is 14.5 Å². The number of aryl methyl sites for hydroxylation is 1. The fourth-order valence-corrected chi connectivity index (χ4v) is 5.42. The maximum Gasteiger partial charge on any atom is 0.490 e. The SMILES string of the molecule is Cc1cc(Cn2cnc3c2CC(C(=O)O)N(C(=O)C(c2ccccc2)c2ccccc2)C3)ccc1N(C)C.O=C(O)C(F)(F)F. The number of carbonyl (C=O) groups is 3. The van der Waals surface area contributed by atoms with Crippen molar-refractivity contribution in [2.75, 3.05) is 19.0 Å². The number of anilines is 1. The fourth-order valence-electron chi connectivity index (χ4n) is 5.42. The maximum absolute atomic E-state index is 14.1. The molecule has 1 aliphatic heterocycles. The zero-order valence-corrected chi connectivity index (χ0v) is 24.9. The number of aliphatic carboxylic acids is 2. The molecular weight excluding hydrogens is 589 g/mol. The number of hydrogen-bond acceptors (Lipinski definition) is 5. The monoisotopic (exact) mass is 622 g/mol.